The van der Waals surface area contributed by atoms with Gasteiger partial charge in [0.05, 0.1) is 0 Å². The molecule has 0 rings (SSSR count). The van der Waals surface area contributed by atoms with Gasteiger partial charge in [-0.2, -0.15) is 0 Å². The van der Waals surface area contributed by atoms with Gasteiger partial charge in [0, 0.05) is 20.8 Å². The van der Waals surface area contributed by atoms with Crippen molar-refractivity contribution in [3.63, 3.8) is 0 Å². The summed E-state index contributed by atoms with van der Waals surface area (Å²) in [6.07, 6.45) is 0. The molecule has 74 valence electrons. The van der Waals surface area contributed by atoms with Gasteiger partial charge in [-0.1, -0.05) is 0 Å². The largest absolute Gasteiger partial charge is 1.20 e. The van der Waals surface area contributed by atoms with E-state index in [2.05, 4.69) is 11.4 Å². The number of hydrogen-bond acceptors (Lipinski definition) is 6. The molecule has 0 aliphatic heterocycles. The Labute approximate surface area is 110 Å². The van der Waals surface area contributed by atoms with Gasteiger partial charge in [0.25, 0.3) is 17.9 Å². The van der Waals surface area contributed by atoms with Gasteiger partial charge in [-0.3, -0.25) is 14.4 Å². The van der Waals surface area contributed by atoms with Crippen LogP contribution in [0.25, 0.3) is 0 Å². The van der Waals surface area contributed by atoms with Crippen LogP contribution in [0.2, 0.25) is 0 Å². The van der Waals surface area contributed by atoms with Crippen LogP contribution in [0.1, 0.15) is 22.2 Å². The summed E-state index contributed by atoms with van der Waals surface area (Å²) < 4.78 is 13.5. The molecule has 0 atom stereocenters. The zero-order valence-electron chi connectivity index (χ0n) is 9.53. The Hall–Kier alpha value is -0.0575. The molecule has 0 amide bonds. The van der Waals surface area contributed by atoms with Gasteiger partial charge in [-0.25, -0.2) is 0 Å². The number of carbonyl (C=O) groups excluding carboxylic acids is 3. The molecule has 14 heavy (non-hydrogen) atoms. The van der Waals surface area contributed by atoms with Crippen LogP contribution < -0.4 is 29.6 Å². The first-order valence-electron chi connectivity index (χ1n) is 3.43. The molecule has 0 saturated heterocycles. The van der Waals surface area contributed by atoms with Crippen molar-refractivity contribution in [1.29, 1.82) is 0 Å². The molecule has 0 saturated carbocycles. The third kappa shape index (κ3) is 10.0. The Morgan fingerprint density at radius 2 is 1.07 bits per heavy atom. The molecule has 0 N–H and O–H groups in total. The molecule has 0 aromatic carbocycles. The Balaban J connectivity index is -0.000000720. The molecule has 6 nitrogen and oxygen atoms in total. The van der Waals surface area contributed by atoms with Crippen molar-refractivity contribution < 1.29 is 56.7 Å². The Morgan fingerprint density at radius 3 is 1.21 bits per heavy atom. The van der Waals surface area contributed by atoms with Crippen LogP contribution >= 0.6 is 0 Å². The van der Waals surface area contributed by atoms with Crippen LogP contribution in [0.5, 0.6) is 0 Å². The van der Waals surface area contributed by atoms with Crippen molar-refractivity contribution in [2.24, 2.45) is 0 Å². The molecule has 0 unspecified atom stereocenters. The van der Waals surface area contributed by atoms with Crippen molar-refractivity contribution in [2.45, 2.75) is 20.8 Å². The van der Waals surface area contributed by atoms with Crippen molar-refractivity contribution >= 4 is 33.1 Å². The summed E-state index contributed by atoms with van der Waals surface area (Å²) in [5.41, 5.74) is 0. The molecule has 0 fully saturated rings. The minimum atomic E-state index is -2.96. The van der Waals surface area contributed by atoms with Crippen molar-refractivity contribution in [2.75, 3.05) is 0 Å². The summed E-state index contributed by atoms with van der Waals surface area (Å²) in [7, 11) is 0. The average molecular weight is 228 g/mol. The van der Waals surface area contributed by atoms with Crippen molar-refractivity contribution in [3.8, 4) is 0 Å². The molecule has 0 aromatic rings. The first-order chi connectivity index (χ1) is 5.91. The summed E-state index contributed by atoms with van der Waals surface area (Å²) in [5.74, 6) is -1.96. The van der Waals surface area contributed by atoms with Gasteiger partial charge in [0.2, 0.25) is 0 Å². The zero-order chi connectivity index (χ0) is 10.4. The second-order valence-electron chi connectivity index (χ2n) is 2.12. The molecule has 8 heteroatoms. The molecular formula is C6H10AlNaO6. The second kappa shape index (κ2) is 8.27. The van der Waals surface area contributed by atoms with E-state index in [-0.39, 0.29) is 31.0 Å². The summed E-state index contributed by atoms with van der Waals surface area (Å²) >= 11 is -2.96. The monoisotopic (exact) mass is 228 g/mol. The van der Waals surface area contributed by atoms with Crippen LogP contribution in [0.4, 0.5) is 0 Å². The van der Waals surface area contributed by atoms with Gasteiger partial charge < -0.3 is 12.8 Å². The zero-order valence-corrected chi connectivity index (χ0v) is 11.7. The molecule has 0 spiro atoms. The van der Waals surface area contributed by atoms with E-state index in [9.17, 15) is 14.4 Å². The summed E-state index contributed by atoms with van der Waals surface area (Å²) in [4.78, 5) is 31.3. The van der Waals surface area contributed by atoms with E-state index < -0.39 is 33.1 Å². The smallest absolute Gasteiger partial charge is 1.00 e. The fourth-order valence-corrected chi connectivity index (χ4v) is 1.44. The van der Waals surface area contributed by atoms with Crippen molar-refractivity contribution in [1.82, 2.24) is 0 Å². The van der Waals surface area contributed by atoms with E-state index in [4.69, 9.17) is 0 Å². The van der Waals surface area contributed by atoms with E-state index in [1.165, 1.54) is 0 Å². The minimum Gasteiger partial charge on any atom is -1.00 e. The maximum Gasteiger partial charge on any atom is 1.20 e. The number of carbonyl (C=O) groups is 3. The van der Waals surface area contributed by atoms with Gasteiger partial charge in [0.1, 0.15) is 0 Å². The average Bonchev–Trinajstić information content (AvgIpc) is 1.80. The normalized spacial score (nSPS) is 7.93. The van der Waals surface area contributed by atoms with Gasteiger partial charge in [0.15, 0.2) is 0 Å². The van der Waals surface area contributed by atoms with Crippen LogP contribution in [0.3, 0.4) is 0 Å². The molecule has 0 heterocycles. The van der Waals surface area contributed by atoms with E-state index in [1.807, 2.05) is 0 Å². The van der Waals surface area contributed by atoms with Crippen LogP contribution in [-0.4, -0.2) is 33.1 Å². The third-order valence-corrected chi connectivity index (χ3v) is 2.36. The maximum absolute atomic E-state index is 10.4. The summed E-state index contributed by atoms with van der Waals surface area (Å²) in [6, 6.07) is 0. The quantitative estimate of drug-likeness (QED) is 0.473. The van der Waals surface area contributed by atoms with Crippen LogP contribution in [-0.2, 0) is 25.7 Å². The van der Waals surface area contributed by atoms with E-state index in [0.29, 0.717) is 0 Å². The summed E-state index contributed by atoms with van der Waals surface area (Å²) in [6.45, 7) is 3.40. The van der Waals surface area contributed by atoms with Crippen LogP contribution in [0.15, 0.2) is 0 Å². The second-order valence-corrected chi connectivity index (χ2v) is 3.40. The van der Waals surface area contributed by atoms with Gasteiger partial charge in [-0.15, -0.1) is 0 Å². The van der Waals surface area contributed by atoms with E-state index in [0.717, 1.165) is 20.8 Å². The topological polar surface area (TPSA) is 78.9 Å². The first-order valence-corrected chi connectivity index (χ1v) is 4.85. The molecule has 0 radical (unpaired) electrons. The summed E-state index contributed by atoms with van der Waals surface area (Å²) in [5, 5.41) is 0. The Bertz CT molecular complexity index is 198. The fourth-order valence-electron chi connectivity index (χ4n) is 0.479. The molecular weight excluding hydrogens is 218 g/mol. The Kier molecular flexibility index (Phi) is 9.67. The fraction of sp³-hybridized carbons (Fsp3) is 0.500. The minimum absolute atomic E-state index is 0. The predicted molar refractivity (Wildman–Crippen MR) is 42.2 cm³/mol. The standard InChI is InChI=1S/3C2H4O2.Al.Na.H/c3*1-2(3)4;;;/h3*1H3,(H,3,4);;;/q;;;+3;+1;-1/p-3. The first kappa shape index (κ1) is 16.4. The Morgan fingerprint density at radius 1 is 0.857 bits per heavy atom. The van der Waals surface area contributed by atoms with E-state index >= 15 is 0 Å². The molecule has 0 aliphatic rings. The molecule has 0 aliphatic carbocycles. The van der Waals surface area contributed by atoms with Crippen molar-refractivity contribution in [3.05, 3.63) is 0 Å². The third-order valence-electron chi connectivity index (χ3n) is 0.787. The van der Waals surface area contributed by atoms with E-state index in [1.54, 1.807) is 0 Å². The predicted octanol–water partition coefficient (Wildman–Crippen LogP) is -3.22. The maximum atomic E-state index is 10.4. The SMILES string of the molecule is CC(=O)[O][Al]([O]C(C)=O)[O]C(C)=O.[H-].[Na+]. The van der Waals surface area contributed by atoms with Crippen LogP contribution in [0, 0.1) is 0 Å². The molecule has 0 aromatic heterocycles. The van der Waals surface area contributed by atoms with Gasteiger partial charge >= 0.3 is 44.7 Å². The number of hydrogen-bond donors (Lipinski definition) is 0. The molecule has 0 bridgehead atoms. The van der Waals surface area contributed by atoms with Gasteiger partial charge in [-0.05, 0) is 0 Å². The number of rotatable bonds is 3.